The zero-order valence-corrected chi connectivity index (χ0v) is 16.1. The number of hydrogen-bond acceptors (Lipinski definition) is 5. The number of amides is 2. The summed E-state index contributed by atoms with van der Waals surface area (Å²) in [6.45, 7) is 1.50. The van der Waals surface area contributed by atoms with E-state index in [1.54, 1.807) is 25.6 Å². The van der Waals surface area contributed by atoms with Crippen molar-refractivity contribution in [1.82, 2.24) is 20.4 Å². The van der Waals surface area contributed by atoms with Gasteiger partial charge in [0.15, 0.2) is 11.5 Å². The minimum absolute atomic E-state index is 0.226. The van der Waals surface area contributed by atoms with Crippen LogP contribution in [0.2, 0.25) is 0 Å². The molecule has 0 radical (unpaired) electrons. The number of thiophene rings is 1. The molecule has 0 bridgehead atoms. The second-order valence-electron chi connectivity index (χ2n) is 5.74. The molecule has 3 rings (SSSR count). The second-order valence-corrected chi connectivity index (χ2v) is 6.69. The van der Waals surface area contributed by atoms with Crippen LogP contribution in [-0.4, -0.2) is 36.6 Å². The van der Waals surface area contributed by atoms with Gasteiger partial charge in [0.1, 0.15) is 5.69 Å². The average molecular weight is 386 g/mol. The van der Waals surface area contributed by atoms with Crippen molar-refractivity contribution >= 4 is 17.4 Å². The van der Waals surface area contributed by atoms with E-state index in [0.29, 0.717) is 31.1 Å². The van der Waals surface area contributed by atoms with Gasteiger partial charge >= 0.3 is 6.03 Å². The summed E-state index contributed by atoms with van der Waals surface area (Å²) in [6.07, 6.45) is 1.91. The summed E-state index contributed by atoms with van der Waals surface area (Å²) in [5.41, 5.74) is 1.87. The number of methoxy groups -OCH3 is 2. The molecule has 0 saturated heterocycles. The molecule has 142 valence electrons. The lowest BCUT2D eigenvalue weighted by molar-refractivity contribution is 0.240. The summed E-state index contributed by atoms with van der Waals surface area (Å²) in [7, 11) is 3.17. The fraction of sp³-hybridized carbons (Fsp3) is 0.263. The first kappa shape index (κ1) is 18.8. The minimum atomic E-state index is -0.226. The first-order valence-corrected chi connectivity index (χ1v) is 9.37. The number of benzene rings is 1. The lowest BCUT2D eigenvalue weighted by atomic mass is 10.2. The van der Waals surface area contributed by atoms with Crippen molar-refractivity contribution in [1.29, 1.82) is 0 Å². The zero-order chi connectivity index (χ0) is 19.1. The fourth-order valence-corrected chi connectivity index (χ4v) is 3.25. The van der Waals surface area contributed by atoms with Crippen molar-refractivity contribution in [3.63, 3.8) is 0 Å². The predicted molar refractivity (Wildman–Crippen MR) is 105 cm³/mol. The van der Waals surface area contributed by atoms with Gasteiger partial charge in [-0.15, -0.1) is 11.3 Å². The molecule has 3 aromatic rings. The Morgan fingerprint density at radius 2 is 2.00 bits per heavy atom. The Hall–Kier alpha value is -3.00. The number of carbonyl (C=O) groups is 1. The fourth-order valence-electron chi connectivity index (χ4n) is 2.56. The van der Waals surface area contributed by atoms with Crippen LogP contribution in [0.4, 0.5) is 4.79 Å². The van der Waals surface area contributed by atoms with Crippen LogP contribution in [0.1, 0.15) is 5.56 Å². The van der Waals surface area contributed by atoms with Crippen LogP contribution in [0, 0.1) is 0 Å². The Morgan fingerprint density at radius 3 is 2.74 bits per heavy atom. The van der Waals surface area contributed by atoms with Gasteiger partial charge in [0.2, 0.25) is 0 Å². The van der Waals surface area contributed by atoms with Gasteiger partial charge < -0.3 is 20.1 Å². The minimum Gasteiger partial charge on any atom is -0.493 e. The normalized spacial score (nSPS) is 10.4. The van der Waals surface area contributed by atoms with E-state index >= 15 is 0 Å². The number of urea groups is 1. The summed E-state index contributed by atoms with van der Waals surface area (Å²) in [5, 5.41) is 12.2. The molecule has 2 N–H and O–H groups in total. The van der Waals surface area contributed by atoms with Crippen LogP contribution in [0.5, 0.6) is 11.5 Å². The molecule has 0 unspecified atom stereocenters. The third-order valence-corrected chi connectivity index (χ3v) is 4.83. The van der Waals surface area contributed by atoms with Crippen molar-refractivity contribution in [2.75, 3.05) is 20.8 Å². The highest BCUT2D eigenvalue weighted by atomic mass is 32.1. The number of carbonyl (C=O) groups excluding carboxylic acids is 1. The molecule has 0 atom stereocenters. The number of rotatable bonds is 8. The Balaban J connectivity index is 1.42. The molecule has 0 aliphatic rings. The molecule has 0 aliphatic heterocycles. The molecule has 8 heteroatoms. The monoisotopic (exact) mass is 386 g/mol. The van der Waals surface area contributed by atoms with Crippen molar-refractivity contribution in [3.8, 4) is 22.1 Å². The van der Waals surface area contributed by atoms with Gasteiger partial charge in [-0.3, -0.25) is 4.68 Å². The van der Waals surface area contributed by atoms with Crippen LogP contribution < -0.4 is 20.1 Å². The van der Waals surface area contributed by atoms with Crippen LogP contribution >= 0.6 is 11.3 Å². The van der Waals surface area contributed by atoms with Crippen LogP contribution in [0.25, 0.3) is 10.6 Å². The van der Waals surface area contributed by atoms with E-state index in [-0.39, 0.29) is 6.03 Å². The Labute approximate surface area is 161 Å². The SMILES string of the molecule is COc1ccc(CNC(=O)NCCn2ccc(-c3cccs3)n2)cc1OC. The van der Waals surface area contributed by atoms with Crippen molar-refractivity contribution in [2.24, 2.45) is 0 Å². The van der Waals surface area contributed by atoms with E-state index in [4.69, 9.17) is 9.47 Å². The van der Waals surface area contributed by atoms with Gasteiger partial charge in [0.05, 0.1) is 25.6 Å². The largest absolute Gasteiger partial charge is 0.493 e. The van der Waals surface area contributed by atoms with E-state index in [9.17, 15) is 4.79 Å². The molecule has 0 fully saturated rings. The van der Waals surface area contributed by atoms with Gasteiger partial charge in [-0.05, 0) is 35.2 Å². The summed E-state index contributed by atoms with van der Waals surface area (Å²) < 4.78 is 12.3. The van der Waals surface area contributed by atoms with Gasteiger partial charge in [-0.2, -0.15) is 5.10 Å². The summed E-state index contributed by atoms with van der Waals surface area (Å²) in [4.78, 5) is 13.1. The third kappa shape index (κ3) is 5.01. The topological polar surface area (TPSA) is 77.4 Å². The molecule has 27 heavy (non-hydrogen) atoms. The molecule has 7 nitrogen and oxygen atoms in total. The standard InChI is InChI=1S/C19H22N4O3S/c1-25-16-6-5-14(12-17(16)26-2)13-21-19(24)20-8-10-23-9-7-15(22-23)18-4-3-11-27-18/h3-7,9,11-12H,8,10,13H2,1-2H3,(H2,20,21,24). The van der Waals surface area contributed by atoms with Crippen LogP contribution in [0.3, 0.4) is 0 Å². The Morgan fingerprint density at radius 1 is 1.15 bits per heavy atom. The summed E-state index contributed by atoms with van der Waals surface area (Å²) in [6, 6.07) is 11.3. The van der Waals surface area contributed by atoms with E-state index < -0.39 is 0 Å². The highest BCUT2D eigenvalue weighted by molar-refractivity contribution is 7.13. The second kappa shape index (κ2) is 9.09. The lowest BCUT2D eigenvalue weighted by Gasteiger charge is -2.11. The number of nitrogens with zero attached hydrogens (tertiary/aromatic N) is 2. The van der Waals surface area contributed by atoms with E-state index in [2.05, 4.69) is 15.7 Å². The maximum absolute atomic E-state index is 12.0. The van der Waals surface area contributed by atoms with Gasteiger partial charge in [0.25, 0.3) is 0 Å². The Bertz CT molecular complexity index is 877. The third-order valence-electron chi connectivity index (χ3n) is 3.94. The molecule has 0 saturated carbocycles. The van der Waals surface area contributed by atoms with Crippen LogP contribution in [0.15, 0.2) is 48.0 Å². The van der Waals surface area contributed by atoms with Crippen molar-refractivity contribution < 1.29 is 14.3 Å². The maximum Gasteiger partial charge on any atom is 0.315 e. The van der Waals surface area contributed by atoms with Crippen LogP contribution in [-0.2, 0) is 13.1 Å². The zero-order valence-electron chi connectivity index (χ0n) is 15.3. The van der Waals surface area contributed by atoms with Gasteiger partial charge in [-0.25, -0.2) is 4.79 Å². The molecule has 2 amide bonds. The van der Waals surface area contributed by atoms with E-state index in [1.165, 1.54) is 0 Å². The quantitative estimate of drug-likeness (QED) is 0.624. The average Bonchev–Trinajstić information content (AvgIpc) is 3.37. The number of ether oxygens (including phenoxy) is 2. The highest BCUT2D eigenvalue weighted by Crippen LogP contribution is 2.27. The summed E-state index contributed by atoms with van der Waals surface area (Å²) >= 11 is 1.66. The van der Waals surface area contributed by atoms with Crippen molar-refractivity contribution in [3.05, 3.63) is 53.5 Å². The van der Waals surface area contributed by atoms with Gasteiger partial charge in [-0.1, -0.05) is 12.1 Å². The van der Waals surface area contributed by atoms with E-state index in [1.807, 2.05) is 52.7 Å². The predicted octanol–water partition coefficient (Wildman–Crippen LogP) is 3.13. The molecule has 1 aromatic carbocycles. The Kier molecular flexibility index (Phi) is 6.32. The van der Waals surface area contributed by atoms with Gasteiger partial charge in [0, 0.05) is 19.3 Å². The smallest absolute Gasteiger partial charge is 0.315 e. The maximum atomic E-state index is 12.0. The number of hydrogen-bond donors (Lipinski definition) is 2. The molecule has 0 aliphatic carbocycles. The lowest BCUT2D eigenvalue weighted by Crippen LogP contribution is -2.36. The first-order chi connectivity index (χ1) is 13.2. The molecule has 2 aromatic heterocycles. The molecular formula is C19H22N4O3S. The molecule has 0 spiro atoms. The first-order valence-electron chi connectivity index (χ1n) is 8.49. The molecule has 2 heterocycles. The molecular weight excluding hydrogens is 364 g/mol. The van der Waals surface area contributed by atoms with Crippen molar-refractivity contribution in [2.45, 2.75) is 13.1 Å². The van der Waals surface area contributed by atoms with E-state index in [0.717, 1.165) is 16.1 Å². The summed E-state index contributed by atoms with van der Waals surface area (Å²) in [5.74, 6) is 1.30. The number of nitrogens with one attached hydrogen (secondary N) is 2. The number of aromatic nitrogens is 2. The highest BCUT2D eigenvalue weighted by Gasteiger charge is 2.07.